The average molecular weight is 565 g/mol. The molecule has 0 radical (unpaired) electrons. The molecule has 0 bridgehead atoms. The Morgan fingerprint density at radius 3 is 2.15 bits per heavy atom. The monoisotopic (exact) mass is 564 g/mol. The number of carbonyl (C=O) groups excluding carboxylic acids is 1. The van der Waals surface area contributed by atoms with Crippen molar-refractivity contribution in [3.63, 3.8) is 0 Å². The van der Waals surface area contributed by atoms with Crippen LogP contribution >= 0.6 is 0 Å². The first-order valence-electron chi connectivity index (χ1n) is 12.6. The molecule has 3 aromatic rings. The average Bonchev–Trinajstić information content (AvgIpc) is 3.54. The number of esters is 1. The summed E-state index contributed by atoms with van der Waals surface area (Å²) in [6, 6.07) is 10.8. The van der Waals surface area contributed by atoms with Crippen molar-refractivity contribution in [1.82, 2.24) is 0 Å². The number of fused-ring (bicyclic) bond motifs is 1. The van der Waals surface area contributed by atoms with Gasteiger partial charge in [-0.25, -0.2) is 4.79 Å². The summed E-state index contributed by atoms with van der Waals surface area (Å²) in [4.78, 5) is 24.2. The molecule has 2 heterocycles. The number of carboxylic acid groups (broad SMARTS) is 1. The van der Waals surface area contributed by atoms with Crippen LogP contribution in [-0.4, -0.2) is 60.3 Å². The second-order valence-electron chi connectivity index (χ2n) is 9.64. The van der Waals surface area contributed by atoms with Crippen LogP contribution in [0.4, 0.5) is 0 Å². The van der Waals surface area contributed by atoms with Gasteiger partial charge in [0, 0.05) is 23.1 Å². The largest absolute Gasteiger partial charge is 0.504 e. The first-order chi connectivity index (χ1) is 19.7. The van der Waals surface area contributed by atoms with Crippen molar-refractivity contribution >= 4 is 18.0 Å². The Hall–Kier alpha value is -4.90. The van der Waals surface area contributed by atoms with E-state index in [4.69, 9.17) is 28.8 Å². The minimum Gasteiger partial charge on any atom is -0.504 e. The minimum absolute atomic E-state index is 0.0382. The Balaban J connectivity index is 1.56. The fraction of sp³-hybridized carbons (Fsp3) is 0.267. The number of aliphatic carboxylic acids is 1. The van der Waals surface area contributed by atoms with Crippen LogP contribution in [0.25, 0.3) is 17.2 Å². The summed E-state index contributed by atoms with van der Waals surface area (Å²) in [5.74, 6) is -2.89. The van der Waals surface area contributed by atoms with Crippen molar-refractivity contribution in [3.8, 4) is 45.6 Å². The standard InChI is InChI=1S/C30H28O11/c1-37-21-11-15(5-6-20(21)31)28-19-13-40-29(25(19)30(36)41-28)16-10-18(27(35)23(12-16)39-3)17-8-14(4-7-24(32)33)9-22(38-2)26(17)34/h4-12,19,25,28-29,31,34-35H,13H2,1-3H3,(H,32,33)/b7-4+/t19-,25-,28+,29+/m0/s1. The molecule has 5 rings (SSSR count). The molecule has 214 valence electrons. The molecular weight excluding hydrogens is 536 g/mol. The number of carbonyl (C=O) groups is 2. The zero-order chi connectivity index (χ0) is 29.4. The Morgan fingerprint density at radius 2 is 1.49 bits per heavy atom. The van der Waals surface area contributed by atoms with Gasteiger partial charge in [0.05, 0.1) is 40.0 Å². The van der Waals surface area contributed by atoms with E-state index in [0.29, 0.717) is 16.7 Å². The van der Waals surface area contributed by atoms with E-state index in [1.807, 2.05) is 0 Å². The van der Waals surface area contributed by atoms with Gasteiger partial charge < -0.3 is 44.1 Å². The van der Waals surface area contributed by atoms with Crippen molar-refractivity contribution in [2.45, 2.75) is 12.2 Å². The third-order valence-corrected chi connectivity index (χ3v) is 7.36. The molecule has 11 nitrogen and oxygen atoms in total. The third kappa shape index (κ3) is 4.95. The SMILES string of the molecule is COc1cc([C@H]2OC(=O)[C@H]3[C@@H]2CO[C@@H]3c2cc(OC)c(O)c(-c3cc(/C=C/C(=O)O)cc(OC)c3O)c2)ccc1O. The lowest BCUT2D eigenvalue weighted by molar-refractivity contribution is -0.148. The van der Waals surface area contributed by atoms with Gasteiger partial charge in [0.15, 0.2) is 34.5 Å². The van der Waals surface area contributed by atoms with Crippen molar-refractivity contribution in [2.24, 2.45) is 11.8 Å². The van der Waals surface area contributed by atoms with Crippen molar-refractivity contribution in [2.75, 3.05) is 27.9 Å². The van der Waals surface area contributed by atoms with Gasteiger partial charge in [-0.1, -0.05) is 6.07 Å². The number of cyclic esters (lactones) is 1. The Labute approximate surface area is 234 Å². The second-order valence-corrected chi connectivity index (χ2v) is 9.64. The quantitative estimate of drug-likeness (QED) is 0.229. The van der Waals surface area contributed by atoms with E-state index in [9.17, 15) is 24.9 Å². The van der Waals surface area contributed by atoms with Gasteiger partial charge in [0.2, 0.25) is 0 Å². The molecule has 3 aromatic carbocycles. The van der Waals surface area contributed by atoms with E-state index in [2.05, 4.69) is 0 Å². The summed E-state index contributed by atoms with van der Waals surface area (Å²) >= 11 is 0. The van der Waals surface area contributed by atoms with Crippen molar-refractivity contribution in [1.29, 1.82) is 0 Å². The number of phenols is 3. The highest BCUT2D eigenvalue weighted by Gasteiger charge is 2.54. The molecule has 11 heteroatoms. The number of hydrogen-bond donors (Lipinski definition) is 4. The van der Waals surface area contributed by atoms with Crippen LogP contribution in [0.1, 0.15) is 28.9 Å². The van der Waals surface area contributed by atoms with E-state index in [0.717, 1.165) is 6.08 Å². The maximum Gasteiger partial charge on any atom is 0.328 e. The van der Waals surface area contributed by atoms with Crippen LogP contribution in [0.5, 0.6) is 34.5 Å². The molecule has 2 fully saturated rings. The molecule has 2 saturated heterocycles. The number of carboxylic acids is 1. The van der Waals surface area contributed by atoms with E-state index < -0.39 is 30.1 Å². The maximum atomic E-state index is 13.2. The van der Waals surface area contributed by atoms with Crippen LogP contribution in [-0.2, 0) is 19.1 Å². The van der Waals surface area contributed by atoms with Crippen molar-refractivity contribution < 1.29 is 53.7 Å². The fourth-order valence-electron chi connectivity index (χ4n) is 5.41. The van der Waals surface area contributed by atoms with E-state index in [-0.39, 0.29) is 58.1 Å². The molecule has 0 aliphatic carbocycles. The Morgan fingerprint density at radius 1 is 0.854 bits per heavy atom. The summed E-state index contributed by atoms with van der Waals surface area (Å²) in [6.07, 6.45) is 0.870. The minimum atomic E-state index is -1.16. The molecule has 0 unspecified atom stereocenters. The highest BCUT2D eigenvalue weighted by Crippen LogP contribution is 2.54. The summed E-state index contributed by atoms with van der Waals surface area (Å²) < 4.78 is 27.8. The smallest absolute Gasteiger partial charge is 0.328 e. The van der Waals surface area contributed by atoms with E-state index in [1.165, 1.54) is 45.6 Å². The molecule has 2 aliphatic rings. The number of hydrogen-bond acceptors (Lipinski definition) is 10. The first kappa shape index (κ1) is 27.7. The molecule has 41 heavy (non-hydrogen) atoms. The summed E-state index contributed by atoms with van der Waals surface area (Å²) in [5.41, 5.74) is 1.83. The van der Waals surface area contributed by atoms with Crippen LogP contribution in [0, 0.1) is 11.8 Å². The molecule has 0 aromatic heterocycles. The maximum absolute atomic E-state index is 13.2. The van der Waals surface area contributed by atoms with E-state index in [1.54, 1.807) is 24.3 Å². The summed E-state index contributed by atoms with van der Waals surface area (Å²) in [5, 5.41) is 41.0. The molecular formula is C30H28O11. The number of benzene rings is 3. The second kappa shape index (κ2) is 10.9. The van der Waals surface area contributed by atoms with E-state index >= 15 is 0 Å². The lowest BCUT2D eigenvalue weighted by Crippen LogP contribution is -2.18. The van der Waals surface area contributed by atoms with Gasteiger partial charge in [-0.3, -0.25) is 4.79 Å². The van der Waals surface area contributed by atoms with Gasteiger partial charge >= 0.3 is 11.9 Å². The molecule has 4 N–H and O–H groups in total. The number of phenolic OH excluding ortho intramolecular Hbond substituents is 3. The van der Waals surface area contributed by atoms with Gasteiger partial charge in [0.1, 0.15) is 6.10 Å². The van der Waals surface area contributed by atoms with Crippen molar-refractivity contribution in [3.05, 3.63) is 65.2 Å². The fourth-order valence-corrected chi connectivity index (χ4v) is 5.41. The number of rotatable bonds is 8. The molecule has 0 spiro atoms. The number of methoxy groups -OCH3 is 3. The Bertz CT molecular complexity index is 1540. The molecule has 4 atom stereocenters. The predicted molar refractivity (Wildman–Crippen MR) is 144 cm³/mol. The Kier molecular flexibility index (Phi) is 7.38. The first-order valence-corrected chi connectivity index (χ1v) is 12.6. The zero-order valence-corrected chi connectivity index (χ0v) is 22.4. The number of aromatic hydroxyl groups is 3. The lowest BCUT2D eigenvalue weighted by Gasteiger charge is -2.20. The lowest BCUT2D eigenvalue weighted by atomic mass is 9.83. The van der Waals surface area contributed by atoms with Crippen LogP contribution in [0.2, 0.25) is 0 Å². The normalized spacial score (nSPS) is 21.5. The zero-order valence-electron chi connectivity index (χ0n) is 22.4. The van der Waals surface area contributed by atoms with Gasteiger partial charge in [-0.15, -0.1) is 0 Å². The summed E-state index contributed by atoms with van der Waals surface area (Å²) in [6.45, 7) is 0.196. The van der Waals surface area contributed by atoms with Crippen LogP contribution in [0.3, 0.4) is 0 Å². The van der Waals surface area contributed by atoms with Gasteiger partial charge in [-0.05, 0) is 59.2 Å². The molecule has 0 saturated carbocycles. The molecule has 2 aliphatic heterocycles. The van der Waals surface area contributed by atoms with Gasteiger partial charge in [0.25, 0.3) is 0 Å². The topological polar surface area (TPSA) is 161 Å². The third-order valence-electron chi connectivity index (χ3n) is 7.36. The highest BCUT2D eigenvalue weighted by atomic mass is 16.6. The number of ether oxygens (including phenoxy) is 5. The van der Waals surface area contributed by atoms with Crippen LogP contribution in [0.15, 0.2) is 48.5 Å². The van der Waals surface area contributed by atoms with Gasteiger partial charge in [-0.2, -0.15) is 0 Å². The predicted octanol–water partition coefficient (Wildman–Crippen LogP) is 4.20. The highest BCUT2D eigenvalue weighted by molar-refractivity contribution is 5.88. The molecule has 0 amide bonds. The van der Waals surface area contributed by atoms with Crippen LogP contribution < -0.4 is 14.2 Å². The summed E-state index contributed by atoms with van der Waals surface area (Å²) in [7, 11) is 4.14.